The van der Waals surface area contributed by atoms with Gasteiger partial charge in [0.05, 0.1) is 5.75 Å². The van der Waals surface area contributed by atoms with E-state index >= 15 is 0 Å². The zero-order valence-corrected chi connectivity index (χ0v) is 18.6. The molecule has 0 unspecified atom stereocenters. The number of likely N-dealkylation sites (N-methyl/N-ethyl adjacent to an activating group) is 1. The topological polar surface area (TPSA) is 49.4 Å². The minimum atomic E-state index is -0.633. The number of nitrogens with zero attached hydrogens (tertiary/aromatic N) is 1. The number of carbonyl (C=O) groups is 2. The largest absolute Gasteiger partial charge is 0.357 e. The van der Waals surface area contributed by atoms with E-state index in [0.29, 0.717) is 27.8 Å². The Morgan fingerprint density at radius 2 is 1.76 bits per heavy atom. The summed E-state index contributed by atoms with van der Waals surface area (Å²) in [5, 5.41) is 3.50. The van der Waals surface area contributed by atoms with Crippen molar-refractivity contribution in [2.75, 3.05) is 12.8 Å². The number of hydrogen-bond donors (Lipinski definition) is 1. The summed E-state index contributed by atoms with van der Waals surface area (Å²) in [6.45, 7) is 1.99. The molecule has 2 rings (SSSR count). The maximum absolute atomic E-state index is 13.0. The van der Waals surface area contributed by atoms with Crippen LogP contribution in [0.3, 0.4) is 0 Å². The molecule has 8 heteroatoms. The molecule has 0 spiro atoms. The standard InChI is InChI=1S/C21H23Cl2FN2O2S/c1-3-19(21(28)25-2)26(11-16-17(22)5-4-6-18(16)23)20(27)13-29-12-14-7-9-15(24)10-8-14/h4-10,19H,3,11-13H2,1-2H3,(H,25,28)/t19-/m0/s1. The molecule has 0 saturated heterocycles. The SMILES string of the molecule is CC[C@@H](C(=O)NC)N(Cc1c(Cl)cccc1Cl)C(=O)CSCc1ccc(F)cc1. The number of thioether (sulfide) groups is 1. The number of hydrogen-bond acceptors (Lipinski definition) is 3. The van der Waals surface area contributed by atoms with Crippen LogP contribution in [0.4, 0.5) is 4.39 Å². The summed E-state index contributed by atoms with van der Waals surface area (Å²) < 4.78 is 13.0. The highest BCUT2D eigenvalue weighted by atomic mass is 35.5. The van der Waals surface area contributed by atoms with Gasteiger partial charge in [0.1, 0.15) is 11.9 Å². The van der Waals surface area contributed by atoms with E-state index in [2.05, 4.69) is 5.32 Å². The molecule has 2 aromatic carbocycles. The third-order valence-electron chi connectivity index (χ3n) is 4.43. The Labute approximate surface area is 184 Å². The summed E-state index contributed by atoms with van der Waals surface area (Å²) in [6, 6.07) is 10.7. The lowest BCUT2D eigenvalue weighted by Crippen LogP contribution is -2.48. The van der Waals surface area contributed by atoms with E-state index in [-0.39, 0.29) is 29.9 Å². The lowest BCUT2D eigenvalue weighted by Gasteiger charge is -2.30. The molecule has 0 aliphatic carbocycles. The molecule has 0 heterocycles. The highest BCUT2D eigenvalue weighted by Gasteiger charge is 2.29. The van der Waals surface area contributed by atoms with Crippen molar-refractivity contribution in [2.24, 2.45) is 0 Å². The summed E-state index contributed by atoms with van der Waals surface area (Å²) in [6.07, 6.45) is 0.454. The zero-order valence-electron chi connectivity index (χ0n) is 16.3. The van der Waals surface area contributed by atoms with Gasteiger partial charge in [0.25, 0.3) is 0 Å². The third-order valence-corrected chi connectivity index (χ3v) is 6.13. The molecule has 0 bridgehead atoms. The fraction of sp³-hybridized carbons (Fsp3) is 0.333. The van der Waals surface area contributed by atoms with Crippen LogP contribution in [0.5, 0.6) is 0 Å². The molecule has 2 amide bonds. The molecular formula is C21H23Cl2FN2O2S. The van der Waals surface area contributed by atoms with Gasteiger partial charge < -0.3 is 10.2 Å². The second-order valence-electron chi connectivity index (χ2n) is 6.38. The van der Waals surface area contributed by atoms with Crippen LogP contribution in [0.25, 0.3) is 0 Å². The normalized spacial score (nSPS) is 11.8. The maximum atomic E-state index is 13.0. The monoisotopic (exact) mass is 456 g/mol. The van der Waals surface area contributed by atoms with E-state index in [1.165, 1.54) is 28.8 Å². The van der Waals surface area contributed by atoms with Crippen LogP contribution in [0, 0.1) is 5.82 Å². The van der Waals surface area contributed by atoms with Crippen LogP contribution < -0.4 is 5.32 Å². The third kappa shape index (κ3) is 6.63. The number of carbonyl (C=O) groups excluding carboxylic acids is 2. The van der Waals surface area contributed by atoms with Gasteiger partial charge in [-0.05, 0) is 36.2 Å². The molecule has 0 radical (unpaired) electrons. The Balaban J connectivity index is 2.15. The van der Waals surface area contributed by atoms with Crippen molar-refractivity contribution in [1.82, 2.24) is 10.2 Å². The van der Waals surface area contributed by atoms with Crippen LogP contribution in [0.2, 0.25) is 10.0 Å². The predicted octanol–water partition coefficient (Wildman–Crippen LogP) is 4.92. The van der Waals surface area contributed by atoms with Crippen molar-refractivity contribution >= 4 is 46.8 Å². The minimum Gasteiger partial charge on any atom is -0.357 e. The second kappa shape index (κ2) is 11.4. The van der Waals surface area contributed by atoms with Crippen LogP contribution in [0.15, 0.2) is 42.5 Å². The Morgan fingerprint density at radius 1 is 1.14 bits per heavy atom. The molecule has 4 nitrogen and oxygen atoms in total. The molecule has 0 aromatic heterocycles. The maximum Gasteiger partial charge on any atom is 0.242 e. The van der Waals surface area contributed by atoms with Gasteiger partial charge in [0, 0.05) is 35.0 Å². The molecule has 0 fully saturated rings. The van der Waals surface area contributed by atoms with E-state index in [9.17, 15) is 14.0 Å². The summed E-state index contributed by atoms with van der Waals surface area (Å²) in [5.41, 5.74) is 1.53. The van der Waals surface area contributed by atoms with Crippen LogP contribution in [-0.2, 0) is 21.9 Å². The Morgan fingerprint density at radius 3 is 2.31 bits per heavy atom. The van der Waals surface area contributed by atoms with Gasteiger partial charge in [0.15, 0.2) is 0 Å². The van der Waals surface area contributed by atoms with Crippen molar-refractivity contribution in [3.05, 3.63) is 69.5 Å². The number of nitrogens with one attached hydrogen (secondary N) is 1. The van der Waals surface area contributed by atoms with Crippen molar-refractivity contribution < 1.29 is 14.0 Å². The van der Waals surface area contributed by atoms with Gasteiger partial charge in [-0.3, -0.25) is 9.59 Å². The first-order valence-corrected chi connectivity index (χ1v) is 11.0. The summed E-state index contributed by atoms with van der Waals surface area (Å²) in [5.74, 6) is 0.00116. The highest BCUT2D eigenvalue weighted by molar-refractivity contribution is 7.99. The van der Waals surface area contributed by atoms with Gasteiger partial charge in [0.2, 0.25) is 11.8 Å². The van der Waals surface area contributed by atoms with Crippen LogP contribution in [-0.4, -0.2) is 35.6 Å². The molecule has 1 atom stereocenters. The zero-order chi connectivity index (χ0) is 21.4. The molecular weight excluding hydrogens is 434 g/mol. The number of amides is 2. The van der Waals surface area contributed by atoms with Crippen molar-refractivity contribution in [3.8, 4) is 0 Å². The fourth-order valence-corrected chi connectivity index (χ4v) is 4.25. The number of rotatable bonds is 9. The lowest BCUT2D eigenvalue weighted by atomic mass is 10.1. The van der Waals surface area contributed by atoms with Crippen LogP contribution in [0.1, 0.15) is 24.5 Å². The summed E-state index contributed by atoms with van der Waals surface area (Å²) >= 11 is 14.0. The number of benzene rings is 2. The van der Waals surface area contributed by atoms with E-state index in [4.69, 9.17) is 23.2 Å². The fourth-order valence-electron chi connectivity index (χ4n) is 2.86. The Bertz CT molecular complexity index is 829. The molecule has 1 N–H and O–H groups in total. The summed E-state index contributed by atoms with van der Waals surface area (Å²) in [4.78, 5) is 26.9. The minimum absolute atomic E-state index is 0.139. The van der Waals surface area contributed by atoms with E-state index in [1.807, 2.05) is 6.92 Å². The Hall–Kier alpha value is -1.76. The quantitative estimate of drug-likeness (QED) is 0.582. The van der Waals surface area contributed by atoms with Crippen LogP contribution >= 0.6 is 35.0 Å². The first-order valence-electron chi connectivity index (χ1n) is 9.13. The Kier molecular flexibility index (Phi) is 9.27. The lowest BCUT2D eigenvalue weighted by molar-refractivity contribution is -0.139. The smallest absolute Gasteiger partial charge is 0.242 e. The highest BCUT2D eigenvalue weighted by Crippen LogP contribution is 2.27. The van der Waals surface area contributed by atoms with E-state index in [0.717, 1.165) is 5.56 Å². The van der Waals surface area contributed by atoms with Crippen molar-refractivity contribution in [2.45, 2.75) is 31.7 Å². The number of halogens is 3. The van der Waals surface area contributed by atoms with Crippen molar-refractivity contribution in [3.63, 3.8) is 0 Å². The van der Waals surface area contributed by atoms with Gasteiger partial charge in [-0.1, -0.05) is 48.3 Å². The second-order valence-corrected chi connectivity index (χ2v) is 8.18. The average Bonchev–Trinajstić information content (AvgIpc) is 2.71. The summed E-state index contributed by atoms with van der Waals surface area (Å²) in [7, 11) is 1.54. The van der Waals surface area contributed by atoms with Gasteiger partial charge in [-0.15, -0.1) is 11.8 Å². The predicted molar refractivity (Wildman–Crippen MR) is 118 cm³/mol. The van der Waals surface area contributed by atoms with Gasteiger partial charge >= 0.3 is 0 Å². The molecule has 29 heavy (non-hydrogen) atoms. The van der Waals surface area contributed by atoms with Gasteiger partial charge in [-0.25, -0.2) is 4.39 Å². The first kappa shape index (κ1) is 23.5. The molecule has 0 saturated carbocycles. The van der Waals surface area contributed by atoms with Gasteiger partial charge in [-0.2, -0.15) is 0 Å². The molecule has 0 aliphatic heterocycles. The first-order chi connectivity index (χ1) is 13.9. The molecule has 156 valence electrons. The average molecular weight is 457 g/mol. The van der Waals surface area contributed by atoms with E-state index < -0.39 is 6.04 Å². The molecule has 2 aromatic rings. The molecule has 0 aliphatic rings. The van der Waals surface area contributed by atoms with Crippen molar-refractivity contribution in [1.29, 1.82) is 0 Å². The van der Waals surface area contributed by atoms with E-state index in [1.54, 1.807) is 37.4 Å².